The number of nitrogens with one attached hydrogen (secondary N) is 1. The number of aliphatic hydroxyl groups is 1. The second-order valence-corrected chi connectivity index (χ2v) is 4.37. The molecule has 2 N–H and O–H groups in total. The molecule has 1 saturated heterocycles. The van der Waals surface area contributed by atoms with Gasteiger partial charge in [0.1, 0.15) is 4.61 Å². The molecule has 2 heterocycles. The van der Waals surface area contributed by atoms with Crippen LogP contribution in [0.3, 0.4) is 0 Å². The zero-order chi connectivity index (χ0) is 9.97. The maximum atomic E-state index is 9.69. The summed E-state index contributed by atoms with van der Waals surface area (Å²) in [6.45, 7) is 2.00. The molecule has 1 unspecified atom stereocenters. The minimum Gasteiger partial charge on any atom is -0.367 e. The average Bonchev–Trinajstić information content (AvgIpc) is 2.23. The predicted molar refractivity (Wildman–Crippen MR) is 59.0 cm³/mol. The van der Waals surface area contributed by atoms with Gasteiger partial charge >= 0.3 is 0 Å². The molecule has 0 bridgehead atoms. The number of aliphatic hydroxyl groups excluding tert-OH is 1. The lowest BCUT2D eigenvalue weighted by Crippen LogP contribution is -2.48. The molecule has 1 fully saturated rings. The molecule has 0 amide bonds. The Labute approximate surface area is 91.8 Å². The van der Waals surface area contributed by atoms with Crippen LogP contribution in [0.15, 0.2) is 15.8 Å². The SMILES string of the molecule is OC1NC=C(Br)N=C1N1CCCCC1. The Hall–Kier alpha value is -0.550. The number of nitrogens with zero attached hydrogens (tertiary/aromatic N) is 2. The van der Waals surface area contributed by atoms with Crippen LogP contribution >= 0.6 is 15.9 Å². The molecule has 0 saturated carbocycles. The number of halogens is 1. The van der Waals surface area contributed by atoms with E-state index in [-0.39, 0.29) is 0 Å². The summed E-state index contributed by atoms with van der Waals surface area (Å²) in [7, 11) is 0. The molecule has 0 spiro atoms. The van der Waals surface area contributed by atoms with E-state index in [0.29, 0.717) is 0 Å². The minimum atomic E-state index is -0.658. The zero-order valence-corrected chi connectivity index (χ0v) is 9.50. The number of amidine groups is 1. The van der Waals surface area contributed by atoms with Gasteiger partial charge in [-0.25, -0.2) is 4.99 Å². The molecule has 0 aliphatic carbocycles. The molecule has 2 rings (SSSR count). The first-order valence-corrected chi connectivity index (χ1v) is 5.70. The van der Waals surface area contributed by atoms with Crippen LogP contribution in [0.1, 0.15) is 19.3 Å². The molecule has 4 nitrogen and oxygen atoms in total. The Morgan fingerprint density at radius 3 is 2.86 bits per heavy atom. The smallest absolute Gasteiger partial charge is 0.183 e. The van der Waals surface area contributed by atoms with E-state index >= 15 is 0 Å². The molecule has 2 aliphatic heterocycles. The standard InChI is InChI=1S/C9H14BrN3O/c10-7-6-11-9(14)8(12-7)13-4-2-1-3-5-13/h6,9,11,14H,1-5H2. The van der Waals surface area contributed by atoms with Crippen LogP contribution in [-0.2, 0) is 0 Å². The third-order valence-electron chi connectivity index (χ3n) is 2.51. The lowest BCUT2D eigenvalue weighted by Gasteiger charge is -2.33. The number of likely N-dealkylation sites (tertiary alicyclic amines) is 1. The number of aliphatic imine (C=N–C) groups is 1. The quantitative estimate of drug-likeness (QED) is 0.638. The van der Waals surface area contributed by atoms with Gasteiger partial charge in [-0.05, 0) is 35.2 Å². The van der Waals surface area contributed by atoms with Crippen LogP contribution in [0.4, 0.5) is 0 Å². The van der Waals surface area contributed by atoms with Crippen LogP contribution in [-0.4, -0.2) is 35.2 Å². The Morgan fingerprint density at radius 1 is 1.43 bits per heavy atom. The third kappa shape index (κ3) is 2.09. The Bertz CT molecular complexity index is 271. The Kier molecular flexibility index (Phi) is 3.08. The van der Waals surface area contributed by atoms with Crippen molar-refractivity contribution in [2.24, 2.45) is 4.99 Å². The van der Waals surface area contributed by atoms with E-state index < -0.39 is 6.23 Å². The normalized spacial score (nSPS) is 27.9. The summed E-state index contributed by atoms with van der Waals surface area (Å²) in [5, 5.41) is 12.5. The van der Waals surface area contributed by atoms with Crippen LogP contribution in [0.2, 0.25) is 0 Å². The summed E-state index contributed by atoms with van der Waals surface area (Å²) >= 11 is 3.30. The minimum absolute atomic E-state index is 0.658. The van der Waals surface area contributed by atoms with Crippen molar-refractivity contribution in [2.45, 2.75) is 25.5 Å². The van der Waals surface area contributed by atoms with E-state index in [1.165, 1.54) is 19.3 Å². The average molecular weight is 260 g/mol. The highest BCUT2D eigenvalue weighted by Crippen LogP contribution is 2.16. The van der Waals surface area contributed by atoms with Crippen LogP contribution in [0, 0.1) is 0 Å². The molecule has 5 heteroatoms. The molecule has 0 aromatic heterocycles. The van der Waals surface area contributed by atoms with Gasteiger partial charge in [-0.3, -0.25) is 0 Å². The van der Waals surface area contributed by atoms with Crippen molar-refractivity contribution in [3.63, 3.8) is 0 Å². The highest BCUT2D eigenvalue weighted by atomic mass is 79.9. The largest absolute Gasteiger partial charge is 0.367 e. The van der Waals surface area contributed by atoms with E-state index in [0.717, 1.165) is 23.5 Å². The number of hydrogen-bond donors (Lipinski definition) is 2. The number of rotatable bonds is 0. The van der Waals surface area contributed by atoms with Crippen LogP contribution in [0.5, 0.6) is 0 Å². The lowest BCUT2D eigenvalue weighted by molar-refractivity contribution is 0.190. The van der Waals surface area contributed by atoms with Crippen molar-refractivity contribution in [3.8, 4) is 0 Å². The summed E-state index contributed by atoms with van der Waals surface area (Å²) in [5.74, 6) is 0.735. The lowest BCUT2D eigenvalue weighted by atomic mass is 10.1. The van der Waals surface area contributed by atoms with Gasteiger partial charge in [-0.15, -0.1) is 0 Å². The zero-order valence-electron chi connectivity index (χ0n) is 7.91. The summed E-state index contributed by atoms with van der Waals surface area (Å²) in [5.41, 5.74) is 0. The highest BCUT2D eigenvalue weighted by Gasteiger charge is 2.23. The maximum Gasteiger partial charge on any atom is 0.183 e. The molecule has 0 radical (unpaired) electrons. The molecule has 14 heavy (non-hydrogen) atoms. The van der Waals surface area contributed by atoms with Gasteiger partial charge in [0, 0.05) is 19.3 Å². The van der Waals surface area contributed by atoms with Gasteiger partial charge < -0.3 is 15.3 Å². The first kappa shape index (κ1) is 9.98. The third-order valence-corrected chi connectivity index (χ3v) is 2.91. The first-order valence-electron chi connectivity index (χ1n) is 4.91. The summed E-state index contributed by atoms with van der Waals surface area (Å²) in [6.07, 6.45) is 4.66. The van der Waals surface area contributed by atoms with E-state index in [1.54, 1.807) is 6.20 Å². The molecule has 1 atom stereocenters. The Balaban J connectivity index is 2.10. The second-order valence-electron chi connectivity index (χ2n) is 3.55. The van der Waals surface area contributed by atoms with Crippen molar-refractivity contribution in [2.75, 3.05) is 13.1 Å². The van der Waals surface area contributed by atoms with Crippen molar-refractivity contribution in [1.82, 2.24) is 10.2 Å². The monoisotopic (exact) mass is 259 g/mol. The molecular formula is C9H14BrN3O. The predicted octanol–water partition coefficient (Wildman–Crippen LogP) is 0.986. The van der Waals surface area contributed by atoms with Crippen molar-refractivity contribution < 1.29 is 5.11 Å². The number of hydrogen-bond acceptors (Lipinski definition) is 4. The van der Waals surface area contributed by atoms with E-state index in [1.807, 2.05) is 0 Å². The fourth-order valence-electron chi connectivity index (χ4n) is 1.79. The molecule has 0 aromatic carbocycles. The van der Waals surface area contributed by atoms with Crippen molar-refractivity contribution >= 4 is 21.8 Å². The van der Waals surface area contributed by atoms with Gasteiger partial charge in [0.15, 0.2) is 12.1 Å². The van der Waals surface area contributed by atoms with Gasteiger partial charge in [-0.2, -0.15) is 0 Å². The summed E-state index contributed by atoms with van der Waals surface area (Å²) in [4.78, 5) is 6.44. The molecule has 2 aliphatic rings. The Morgan fingerprint density at radius 2 is 2.14 bits per heavy atom. The van der Waals surface area contributed by atoms with E-state index in [2.05, 4.69) is 31.1 Å². The highest BCUT2D eigenvalue weighted by molar-refractivity contribution is 9.11. The maximum absolute atomic E-state index is 9.69. The molecule has 0 aromatic rings. The fraction of sp³-hybridized carbons (Fsp3) is 0.667. The fourth-order valence-corrected chi connectivity index (χ4v) is 2.11. The topological polar surface area (TPSA) is 47.9 Å². The van der Waals surface area contributed by atoms with Crippen LogP contribution < -0.4 is 5.32 Å². The van der Waals surface area contributed by atoms with Gasteiger partial charge in [0.2, 0.25) is 0 Å². The van der Waals surface area contributed by atoms with Gasteiger partial charge in [0.05, 0.1) is 0 Å². The summed E-state index contributed by atoms with van der Waals surface area (Å²) in [6, 6.07) is 0. The van der Waals surface area contributed by atoms with E-state index in [4.69, 9.17) is 0 Å². The van der Waals surface area contributed by atoms with Crippen molar-refractivity contribution in [1.29, 1.82) is 0 Å². The van der Waals surface area contributed by atoms with Crippen molar-refractivity contribution in [3.05, 3.63) is 10.8 Å². The van der Waals surface area contributed by atoms with Gasteiger partial charge in [-0.1, -0.05) is 0 Å². The molecule has 78 valence electrons. The molecular weight excluding hydrogens is 246 g/mol. The number of piperidine rings is 1. The first-order chi connectivity index (χ1) is 6.77. The second kappa shape index (κ2) is 4.31. The summed E-state index contributed by atoms with van der Waals surface area (Å²) < 4.78 is 0.739. The van der Waals surface area contributed by atoms with Crippen LogP contribution in [0.25, 0.3) is 0 Å². The van der Waals surface area contributed by atoms with E-state index in [9.17, 15) is 5.11 Å². The van der Waals surface area contributed by atoms with Gasteiger partial charge in [0.25, 0.3) is 0 Å².